The van der Waals surface area contributed by atoms with Crippen LogP contribution in [0.25, 0.3) is 0 Å². The van der Waals surface area contributed by atoms with Crippen molar-refractivity contribution in [3.63, 3.8) is 0 Å². The molecular weight excluding hydrogens is 757 g/mol. The number of hydrogen-bond donors (Lipinski definition) is 0. The zero-order chi connectivity index (χ0) is 44.4. The topological polar surface area (TPSA) is 78.9 Å². The third kappa shape index (κ3) is 47.0. The molecule has 0 aliphatic heterocycles. The lowest BCUT2D eigenvalue weighted by Crippen LogP contribution is -2.30. The average Bonchev–Trinajstić information content (AvgIpc) is 3.26. The summed E-state index contributed by atoms with van der Waals surface area (Å²) in [6, 6.07) is 0. The Hall–Kier alpha value is -3.93. The molecule has 0 N–H and O–H groups in total. The van der Waals surface area contributed by atoms with E-state index in [4.69, 9.17) is 14.2 Å². The van der Waals surface area contributed by atoms with Crippen molar-refractivity contribution in [1.82, 2.24) is 0 Å². The predicted molar refractivity (Wildman–Crippen MR) is 260 cm³/mol. The van der Waals surface area contributed by atoms with Gasteiger partial charge >= 0.3 is 17.9 Å². The Balaban J connectivity index is 4.48. The van der Waals surface area contributed by atoms with Crippen molar-refractivity contribution >= 4 is 17.9 Å². The third-order valence-electron chi connectivity index (χ3n) is 9.87. The van der Waals surface area contributed by atoms with Crippen LogP contribution in [0.4, 0.5) is 0 Å². The van der Waals surface area contributed by atoms with Crippen molar-refractivity contribution in [2.75, 3.05) is 13.2 Å². The molecule has 344 valence electrons. The lowest BCUT2D eigenvalue weighted by Gasteiger charge is -2.18. The molecule has 0 spiro atoms. The van der Waals surface area contributed by atoms with Crippen LogP contribution in [0, 0.1) is 0 Å². The van der Waals surface area contributed by atoms with Gasteiger partial charge in [-0.15, -0.1) is 0 Å². The normalized spacial score (nSPS) is 13.0. The van der Waals surface area contributed by atoms with Gasteiger partial charge in [0.25, 0.3) is 0 Å². The fourth-order valence-corrected chi connectivity index (χ4v) is 6.25. The number of rotatable bonds is 42. The van der Waals surface area contributed by atoms with Gasteiger partial charge in [0.1, 0.15) is 13.2 Å². The minimum Gasteiger partial charge on any atom is -0.462 e. The number of allylic oxidation sites excluding steroid dienone is 18. The van der Waals surface area contributed by atoms with Crippen LogP contribution >= 0.6 is 0 Å². The highest BCUT2D eigenvalue weighted by atomic mass is 16.6. The summed E-state index contributed by atoms with van der Waals surface area (Å²) in [5.74, 6) is -1.07. The van der Waals surface area contributed by atoms with E-state index < -0.39 is 12.1 Å². The van der Waals surface area contributed by atoms with E-state index in [0.717, 1.165) is 57.8 Å². The lowest BCUT2D eigenvalue weighted by atomic mass is 10.1. The Bertz CT molecular complexity index is 1290. The SMILES string of the molecule is CC\C=C/C=C\C=C/C=C\C=C/CCCC(=O)OC(COC(=O)CCC/C=C\C/C=C\C/C=C\CC)COC(=O)CCCCCCCCC/C=C\CCCCCCCCCC. The minimum absolute atomic E-state index is 0.127. The largest absolute Gasteiger partial charge is 0.462 e. The second-order valence-electron chi connectivity index (χ2n) is 15.7. The molecule has 6 heteroatoms. The average molecular weight is 845 g/mol. The van der Waals surface area contributed by atoms with Crippen molar-refractivity contribution in [2.45, 2.75) is 207 Å². The van der Waals surface area contributed by atoms with Gasteiger partial charge in [-0.25, -0.2) is 0 Å². The molecule has 0 fully saturated rings. The van der Waals surface area contributed by atoms with Crippen LogP contribution in [-0.4, -0.2) is 37.2 Å². The molecule has 0 aliphatic carbocycles. The summed E-state index contributed by atoms with van der Waals surface area (Å²) in [6.07, 6.45) is 65.3. The van der Waals surface area contributed by atoms with Gasteiger partial charge in [0.15, 0.2) is 6.10 Å². The molecule has 1 unspecified atom stereocenters. The van der Waals surface area contributed by atoms with Crippen LogP contribution in [0.2, 0.25) is 0 Å². The van der Waals surface area contributed by atoms with Gasteiger partial charge in [0, 0.05) is 19.3 Å². The Morgan fingerprint density at radius 3 is 1.28 bits per heavy atom. The number of hydrogen-bond acceptors (Lipinski definition) is 6. The lowest BCUT2D eigenvalue weighted by molar-refractivity contribution is -0.167. The monoisotopic (exact) mass is 845 g/mol. The van der Waals surface area contributed by atoms with E-state index in [2.05, 4.69) is 75.5 Å². The summed E-state index contributed by atoms with van der Waals surface area (Å²) in [6.45, 7) is 6.24. The van der Waals surface area contributed by atoms with Crippen LogP contribution < -0.4 is 0 Å². The summed E-state index contributed by atoms with van der Waals surface area (Å²) in [7, 11) is 0. The van der Waals surface area contributed by atoms with Gasteiger partial charge in [-0.05, 0) is 83.5 Å². The highest BCUT2D eigenvalue weighted by molar-refractivity contribution is 5.71. The standard InChI is InChI=1S/C55H88O6/c1-4-7-10-13-16-19-22-24-25-26-27-28-29-31-33-36-39-42-45-48-54(57)60-51-52(50-59-53(56)47-44-41-38-35-32-21-18-15-12-9-6-3)61-55(58)49-46-43-40-37-34-30-23-20-17-14-11-8-5-2/h8-9,11-12,14,17-18,20-21,23,26-27,30,34-35,37-38,40,52H,4-7,10,13,15-16,19,22,24-25,28-29,31-33,36,39,41-51H2,1-3H3/b11-8-,12-9-,17-14-,21-18-,23-20-,27-26-,34-30-,38-35-,40-37-. The van der Waals surface area contributed by atoms with E-state index in [0.29, 0.717) is 19.3 Å². The molecule has 0 saturated carbocycles. The Kier molecular flexibility index (Phi) is 45.6. The molecule has 0 saturated heterocycles. The van der Waals surface area contributed by atoms with Crippen molar-refractivity contribution in [3.8, 4) is 0 Å². The van der Waals surface area contributed by atoms with E-state index in [1.54, 1.807) is 0 Å². The molecule has 0 aliphatic rings. The van der Waals surface area contributed by atoms with Crippen molar-refractivity contribution in [3.05, 3.63) is 109 Å². The molecule has 0 radical (unpaired) electrons. The van der Waals surface area contributed by atoms with Crippen LogP contribution in [0.5, 0.6) is 0 Å². The van der Waals surface area contributed by atoms with Crippen molar-refractivity contribution in [2.24, 2.45) is 0 Å². The summed E-state index contributed by atoms with van der Waals surface area (Å²) in [4.78, 5) is 37.8. The number of esters is 3. The fraction of sp³-hybridized carbons (Fsp3) is 0.618. The highest BCUT2D eigenvalue weighted by Gasteiger charge is 2.19. The highest BCUT2D eigenvalue weighted by Crippen LogP contribution is 2.13. The Morgan fingerprint density at radius 2 is 0.738 bits per heavy atom. The second kappa shape index (κ2) is 48.7. The number of unbranched alkanes of at least 4 members (excludes halogenated alkanes) is 17. The minimum atomic E-state index is -0.837. The molecule has 6 nitrogen and oxygen atoms in total. The fourth-order valence-electron chi connectivity index (χ4n) is 6.25. The summed E-state index contributed by atoms with van der Waals surface area (Å²) >= 11 is 0. The van der Waals surface area contributed by atoms with E-state index in [-0.39, 0.29) is 38.0 Å². The molecule has 0 aromatic heterocycles. The maximum absolute atomic E-state index is 12.7. The van der Waals surface area contributed by atoms with E-state index in [1.807, 2.05) is 54.7 Å². The Morgan fingerprint density at radius 1 is 0.361 bits per heavy atom. The molecule has 61 heavy (non-hydrogen) atoms. The summed E-state index contributed by atoms with van der Waals surface area (Å²) in [5, 5.41) is 0. The Labute approximate surface area is 374 Å². The van der Waals surface area contributed by atoms with Crippen molar-refractivity contribution in [1.29, 1.82) is 0 Å². The molecular formula is C55H88O6. The molecule has 1 atom stereocenters. The van der Waals surface area contributed by atoms with Crippen LogP contribution in [-0.2, 0) is 28.6 Å². The summed E-state index contributed by atoms with van der Waals surface area (Å²) < 4.78 is 16.6. The van der Waals surface area contributed by atoms with Gasteiger partial charge in [0.2, 0.25) is 0 Å². The summed E-state index contributed by atoms with van der Waals surface area (Å²) in [5.41, 5.74) is 0. The first kappa shape index (κ1) is 57.1. The van der Waals surface area contributed by atoms with Gasteiger partial charge < -0.3 is 14.2 Å². The van der Waals surface area contributed by atoms with Crippen LogP contribution in [0.15, 0.2) is 109 Å². The number of ether oxygens (including phenoxy) is 3. The first-order valence-corrected chi connectivity index (χ1v) is 24.5. The zero-order valence-electron chi connectivity index (χ0n) is 39.1. The quantitative estimate of drug-likeness (QED) is 0.0200. The van der Waals surface area contributed by atoms with Crippen LogP contribution in [0.1, 0.15) is 201 Å². The second-order valence-corrected chi connectivity index (χ2v) is 15.7. The molecule has 0 rings (SSSR count). The van der Waals surface area contributed by atoms with Gasteiger partial charge in [-0.2, -0.15) is 0 Å². The molecule has 0 aromatic rings. The van der Waals surface area contributed by atoms with Gasteiger partial charge in [-0.3, -0.25) is 14.4 Å². The molecule has 0 amide bonds. The number of carbonyl (C=O) groups is 3. The molecule has 0 bridgehead atoms. The smallest absolute Gasteiger partial charge is 0.306 e. The zero-order valence-corrected chi connectivity index (χ0v) is 39.1. The van der Waals surface area contributed by atoms with Crippen molar-refractivity contribution < 1.29 is 28.6 Å². The van der Waals surface area contributed by atoms with E-state index in [9.17, 15) is 14.4 Å². The van der Waals surface area contributed by atoms with Crippen LogP contribution in [0.3, 0.4) is 0 Å². The van der Waals surface area contributed by atoms with E-state index >= 15 is 0 Å². The first-order valence-electron chi connectivity index (χ1n) is 24.5. The number of carbonyl (C=O) groups excluding carboxylic acids is 3. The molecule has 0 heterocycles. The third-order valence-corrected chi connectivity index (χ3v) is 9.87. The van der Waals surface area contributed by atoms with E-state index in [1.165, 1.54) is 89.9 Å². The maximum atomic E-state index is 12.7. The maximum Gasteiger partial charge on any atom is 0.306 e. The first-order chi connectivity index (χ1) is 30.0. The van der Waals surface area contributed by atoms with Gasteiger partial charge in [0.05, 0.1) is 0 Å². The predicted octanol–water partition coefficient (Wildman–Crippen LogP) is 16.0. The molecule has 0 aromatic carbocycles. The van der Waals surface area contributed by atoms with Gasteiger partial charge in [-0.1, -0.05) is 207 Å².